The predicted octanol–water partition coefficient (Wildman–Crippen LogP) is 3.62. The molecule has 0 fully saturated rings. The van der Waals surface area contributed by atoms with Gasteiger partial charge in [0, 0.05) is 0 Å². The maximum atomic E-state index is 12.4. The number of nitrogens with zero attached hydrogens (tertiary/aromatic N) is 2. The zero-order valence-corrected chi connectivity index (χ0v) is 10.3. The molecule has 2 aromatic rings. The maximum Gasteiger partial charge on any atom is 0.334 e. The largest absolute Gasteiger partial charge is 0.484 e. The van der Waals surface area contributed by atoms with Crippen LogP contribution < -0.4 is 4.74 Å². The van der Waals surface area contributed by atoms with Crippen molar-refractivity contribution >= 4 is 15.9 Å². The summed E-state index contributed by atoms with van der Waals surface area (Å²) in [5.41, 5.74) is 0.962. The summed E-state index contributed by atoms with van der Waals surface area (Å²) >= 11 is 3.02. The van der Waals surface area contributed by atoms with Crippen molar-refractivity contribution in [1.29, 1.82) is 0 Å². The number of halogens is 3. The van der Waals surface area contributed by atoms with Gasteiger partial charge in [-0.3, -0.25) is 0 Å². The Labute approximate surface area is 105 Å². The smallest absolute Gasteiger partial charge is 0.334 e. The molecule has 1 aromatic heterocycles. The molecule has 0 bridgehead atoms. The highest BCUT2D eigenvalue weighted by Crippen LogP contribution is 2.28. The Morgan fingerprint density at radius 3 is 2.59 bits per heavy atom. The molecule has 0 radical (unpaired) electrons. The van der Waals surface area contributed by atoms with Crippen molar-refractivity contribution in [2.24, 2.45) is 0 Å². The number of alkyl halides is 2. The maximum absolute atomic E-state index is 12.4. The first-order chi connectivity index (χ1) is 8.18. The Balaban J connectivity index is 2.05. The minimum Gasteiger partial charge on any atom is -0.484 e. The van der Waals surface area contributed by atoms with Crippen LogP contribution in [-0.4, -0.2) is 9.78 Å². The predicted molar refractivity (Wildman–Crippen MR) is 62.0 cm³/mol. The lowest BCUT2D eigenvalue weighted by molar-refractivity contribution is 0.0536. The van der Waals surface area contributed by atoms with E-state index in [4.69, 9.17) is 4.74 Å². The van der Waals surface area contributed by atoms with E-state index in [-0.39, 0.29) is 4.60 Å². The molecule has 17 heavy (non-hydrogen) atoms. The number of hydrogen-bond donors (Lipinski definition) is 0. The molecule has 0 amide bonds. The van der Waals surface area contributed by atoms with Crippen LogP contribution >= 0.6 is 15.9 Å². The fourth-order valence-electron chi connectivity index (χ4n) is 1.30. The van der Waals surface area contributed by atoms with Crippen LogP contribution in [0.25, 0.3) is 0 Å². The second-order valence-electron chi connectivity index (χ2n) is 3.30. The summed E-state index contributed by atoms with van der Waals surface area (Å²) in [7, 11) is 0. The molecule has 0 aliphatic rings. The van der Waals surface area contributed by atoms with Crippen LogP contribution in [-0.2, 0) is 6.61 Å². The zero-order valence-electron chi connectivity index (χ0n) is 8.69. The van der Waals surface area contributed by atoms with Crippen molar-refractivity contribution < 1.29 is 13.5 Å². The molecule has 3 nitrogen and oxygen atoms in total. The quantitative estimate of drug-likeness (QED) is 0.862. The minimum atomic E-state index is -2.68. The van der Waals surface area contributed by atoms with Gasteiger partial charge in [-0.25, -0.2) is 0 Å². The first kappa shape index (κ1) is 12.0. The van der Waals surface area contributed by atoms with Gasteiger partial charge in [0.1, 0.15) is 6.61 Å². The minimum absolute atomic E-state index is 0.142. The molecule has 0 saturated heterocycles. The third kappa shape index (κ3) is 2.82. The van der Waals surface area contributed by atoms with E-state index >= 15 is 0 Å². The Bertz CT molecular complexity index is 487. The van der Waals surface area contributed by atoms with Crippen LogP contribution in [0, 0.1) is 0 Å². The number of aromatic nitrogens is 2. The molecule has 90 valence electrons. The summed E-state index contributed by atoms with van der Waals surface area (Å²) in [4.78, 5) is 0. The second-order valence-corrected chi connectivity index (χ2v) is 4.05. The van der Waals surface area contributed by atoms with Crippen LogP contribution in [0.2, 0.25) is 0 Å². The summed E-state index contributed by atoms with van der Waals surface area (Å²) in [5.74, 6) is 0.300. The molecule has 0 spiro atoms. The first-order valence-corrected chi connectivity index (χ1v) is 5.65. The molecule has 1 heterocycles. The average molecular weight is 303 g/mol. The van der Waals surface area contributed by atoms with Gasteiger partial charge < -0.3 is 4.74 Å². The van der Waals surface area contributed by atoms with E-state index < -0.39 is 6.55 Å². The van der Waals surface area contributed by atoms with E-state index in [1.807, 2.05) is 30.3 Å². The standard InChI is InChI=1S/C11H9BrF2N2O/c12-10-9(6-15-16(10)11(13)14)17-7-8-4-2-1-3-5-8/h1-6,11H,7H2. The van der Waals surface area contributed by atoms with Gasteiger partial charge in [0.25, 0.3) is 0 Å². The number of hydrogen-bond acceptors (Lipinski definition) is 2. The lowest BCUT2D eigenvalue weighted by Crippen LogP contribution is -2.00. The van der Waals surface area contributed by atoms with Crippen LogP contribution in [0.5, 0.6) is 5.75 Å². The van der Waals surface area contributed by atoms with Crippen molar-refractivity contribution in [3.8, 4) is 5.75 Å². The third-order valence-corrected chi connectivity index (χ3v) is 2.88. The van der Waals surface area contributed by atoms with E-state index in [0.29, 0.717) is 17.0 Å². The lowest BCUT2D eigenvalue weighted by atomic mass is 10.2. The Kier molecular flexibility index (Phi) is 3.73. The number of benzene rings is 1. The van der Waals surface area contributed by atoms with Crippen LogP contribution in [0.1, 0.15) is 12.1 Å². The van der Waals surface area contributed by atoms with Crippen LogP contribution in [0.15, 0.2) is 41.1 Å². The molecule has 0 unspecified atom stereocenters. The Morgan fingerprint density at radius 2 is 2.00 bits per heavy atom. The van der Waals surface area contributed by atoms with Gasteiger partial charge in [0.05, 0.1) is 6.20 Å². The highest BCUT2D eigenvalue weighted by atomic mass is 79.9. The summed E-state index contributed by atoms with van der Waals surface area (Å²) < 4.78 is 30.9. The van der Waals surface area contributed by atoms with Crippen molar-refractivity contribution in [1.82, 2.24) is 9.78 Å². The van der Waals surface area contributed by atoms with Gasteiger partial charge in [-0.05, 0) is 21.5 Å². The van der Waals surface area contributed by atoms with Gasteiger partial charge in [-0.1, -0.05) is 30.3 Å². The van der Waals surface area contributed by atoms with Crippen molar-refractivity contribution in [2.45, 2.75) is 13.2 Å². The molecular weight excluding hydrogens is 294 g/mol. The van der Waals surface area contributed by atoms with E-state index in [2.05, 4.69) is 21.0 Å². The van der Waals surface area contributed by atoms with Crippen LogP contribution in [0.4, 0.5) is 8.78 Å². The first-order valence-electron chi connectivity index (χ1n) is 4.86. The monoisotopic (exact) mass is 302 g/mol. The second kappa shape index (κ2) is 5.27. The summed E-state index contributed by atoms with van der Waals surface area (Å²) in [6.07, 6.45) is 1.26. The van der Waals surface area contributed by atoms with Gasteiger partial charge in [0.2, 0.25) is 0 Å². The van der Waals surface area contributed by atoms with Crippen LogP contribution in [0.3, 0.4) is 0 Å². The summed E-state index contributed by atoms with van der Waals surface area (Å²) in [6, 6.07) is 9.46. The van der Waals surface area contributed by atoms with Gasteiger partial charge in [0.15, 0.2) is 10.4 Å². The summed E-state index contributed by atoms with van der Waals surface area (Å²) in [5, 5.41) is 3.52. The highest BCUT2D eigenvalue weighted by Gasteiger charge is 2.15. The van der Waals surface area contributed by atoms with E-state index in [1.165, 1.54) is 6.20 Å². The number of rotatable bonds is 4. The average Bonchev–Trinajstić information content (AvgIpc) is 2.69. The molecule has 0 atom stereocenters. The molecule has 2 rings (SSSR count). The molecule has 0 saturated carbocycles. The normalized spacial score (nSPS) is 10.8. The highest BCUT2D eigenvalue weighted by molar-refractivity contribution is 9.10. The SMILES string of the molecule is FC(F)n1ncc(OCc2ccccc2)c1Br. The number of ether oxygens (including phenoxy) is 1. The lowest BCUT2D eigenvalue weighted by Gasteiger charge is -2.05. The Morgan fingerprint density at radius 1 is 1.29 bits per heavy atom. The third-order valence-electron chi connectivity index (χ3n) is 2.13. The fourth-order valence-corrected chi connectivity index (χ4v) is 1.76. The zero-order chi connectivity index (χ0) is 12.3. The Hall–Kier alpha value is -1.43. The van der Waals surface area contributed by atoms with E-state index in [1.54, 1.807) is 0 Å². The van der Waals surface area contributed by atoms with Gasteiger partial charge in [-0.15, -0.1) is 0 Å². The fraction of sp³-hybridized carbons (Fsp3) is 0.182. The van der Waals surface area contributed by atoms with E-state index in [0.717, 1.165) is 5.56 Å². The van der Waals surface area contributed by atoms with E-state index in [9.17, 15) is 8.78 Å². The topological polar surface area (TPSA) is 27.1 Å². The summed E-state index contributed by atoms with van der Waals surface area (Å²) in [6.45, 7) is -2.37. The molecule has 6 heteroatoms. The molecular formula is C11H9BrF2N2O. The van der Waals surface area contributed by atoms with Crippen molar-refractivity contribution in [3.63, 3.8) is 0 Å². The van der Waals surface area contributed by atoms with Gasteiger partial charge >= 0.3 is 6.55 Å². The molecule has 0 N–H and O–H groups in total. The molecule has 0 aliphatic heterocycles. The van der Waals surface area contributed by atoms with Gasteiger partial charge in [-0.2, -0.15) is 18.6 Å². The molecule has 0 aliphatic carbocycles. The van der Waals surface area contributed by atoms with Crippen molar-refractivity contribution in [3.05, 3.63) is 46.7 Å². The molecule has 1 aromatic carbocycles. The van der Waals surface area contributed by atoms with Crippen molar-refractivity contribution in [2.75, 3.05) is 0 Å².